The molecule has 0 aromatic carbocycles. The van der Waals surface area contributed by atoms with E-state index >= 15 is 0 Å². The number of rotatable bonds is 10. The van der Waals surface area contributed by atoms with E-state index in [0.29, 0.717) is 6.61 Å². The molecule has 0 amide bonds. The number of hydrogen-bond donors (Lipinski definition) is 0. The van der Waals surface area contributed by atoms with Crippen LogP contribution in [-0.4, -0.2) is 25.1 Å². The highest BCUT2D eigenvalue weighted by molar-refractivity contribution is 7.96. The molecule has 0 rings (SSSR count). The lowest BCUT2D eigenvalue weighted by molar-refractivity contribution is 0.118. The van der Waals surface area contributed by atoms with E-state index in [9.17, 15) is 4.79 Å². The van der Waals surface area contributed by atoms with Gasteiger partial charge >= 0.3 is 5.30 Å². The van der Waals surface area contributed by atoms with Crippen LogP contribution >= 0.6 is 12.6 Å². The van der Waals surface area contributed by atoms with Crippen molar-refractivity contribution in [1.29, 1.82) is 0 Å². The van der Waals surface area contributed by atoms with Gasteiger partial charge in [0.1, 0.15) is 0 Å². The lowest BCUT2D eigenvalue weighted by Crippen LogP contribution is -2.01. The summed E-state index contributed by atoms with van der Waals surface area (Å²) >= 11 is 4.25. The van der Waals surface area contributed by atoms with Crippen molar-refractivity contribution in [3.63, 3.8) is 0 Å². The molecule has 0 bridgehead atoms. The molecule has 0 fully saturated rings. The van der Waals surface area contributed by atoms with Crippen LogP contribution in [0, 0.1) is 0 Å². The summed E-state index contributed by atoms with van der Waals surface area (Å²) in [4.78, 5) is 10.2. The van der Waals surface area contributed by atoms with Gasteiger partial charge in [0.05, 0.1) is 6.61 Å². The molecule has 0 saturated heterocycles. The second kappa shape index (κ2) is 11.7. The summed E-state index contributed by atoms with van der Waals surface area (Å²) in [5.74, 6) is 0. The third-order valence-electron chi connectivity index (χ3n) is 2.05. The molecule has 1 radical (unpaired) electrons. The van der Waals surface area contributed by atoms with Gasteiger partial charge in [-0.25, -0.2) is 4.79 Å². The summed E-state index contributed by atoms with van der Waals surface area (Å²) in [6.45, 7) is 4.21. The molecule has 0 aliphatic rings. The maximum Gasteiger partial charge on any atom is 0.400 e. The molecule has 0 aromatic rings. The normalized spacial score (nSPS) is 10.2. The highest BCUT2D eigenvalue weighted by Gasteiger charge is 1.95. The quantitative estimate of drug-likeness (QED) is 0.426. The van der Waals surface area contributed by atoms with Crippen molar-refractivity contribution >= 4 is 17.9 Å². The number of hydrogen-bond acceptors (Lipinski definition) is 3. The lowest BCUT2D eigenvalue weighted by atomic mass is 10.2. The zero-order chi connectivity index (χ0) is 11.4. The van der Waals surface area contributed by atoms with Crippen molar-refractivity contribution < 1.29 is 14.3 Å². The van der Waals surface area contributed by atoms with E-state index in [1.54, 1.807) is 0 Å². The van der Waals surface area contributed by atoms with Crippen molar-refractivity contribution in [3.05, 3.63) is 0 Å². The summed E-state index contributed by atoms with van der Waals surface area (Å²) in [6, 6.07) is 0. The number of carbonyl (C=O) groups excluding carboxylic acids is 1. The number of carbonyl (C=O) groups is 1. The summed E-state index contributed by atoms with van der Waals surface area (Å²) in [6.07, 6.45) is 6.71. The molecule has 15 heavy (non-hydrogen) atoms. The number of unbranched alkanes of at least 4 members (excludes halogenated alkanes) is 4. The standard InChI is InChI=1S/C11H21O3S/c1-2-3-4-5-8-13-9-6-7-10-14-11(12)15/h2-10H2,1H3. The zero-order valence-electron chi connectivity index (χ0n) is 9.50. The lowest BCUT2D eigenvalue weighted by Gasteiger charge is -2.03. The minimum atomic E-state index is -0.615. The first-order valence-electron chi connectivity index (χ1n) is 5.69. The SMILES string of the molecule is CCCCCCOCCCCOC(=O)[S]. The first-order valence-corrected chi connectivity index (χ1v) is 6.09. The first kappa shape index (κ1) is 14.6. The van der Waals surface area contributed by atoms with Crippen LogP contribution in [0.4, 0.5) is 4.79 Å². The molecule has 0 aliphatic heterocycles. The molecular weight excluding hydrogens is 212 g/mol. The van der Waals surface area contributed by atoms with Crippen LogP contribution in [0.1, 0.15) is 45.4 Å². The molecule has 0 unspecified atom stereocenters. The van der Waals surface area contributed by atoms with Gasteiger partial charge in [0, 0.05) is 25.8 Å². The molecule has 3 nitrogen and oxygen atoms in total. The Balaban J connectivity index is 2.89. The van der Waals surface area contributed by atoms with E-state index in [2.05, 4.69) is 24.3 Å². The Morgan fingerprint density at radius 3 is 2.20 bits per heavy atom. The van der Waals surface area contributed by atoms with Crippen LogP contribution in [0.15, 0.2) is 0 Å². The molecule has 0 atom stereocenters. The minimum Gasteiger partial charge on any atom is -0.454 e. The first-order chi connectivity index (χ1) is 7.27. The summed E-state index contributed by atoms with van der Waals surface area (Å²) in [5, 5.41) is -0.615. The van der Waals surface area contributed by atoms with Crippen LogP contribution in [0.25, 0.3) is 0 Å². The van der Waals surface area contributed by atoms with Gasteiger partial charge in [0.25, 0.3) is 0 Å². The minimum absolute atomic E-state index is 0.418. The number of ether oxygens (including phenoxy) is 2. The Morgan fingerprint density at radius 1 is 1.00 bits per heavy atom. The Morgan fingerprint density at radius 2 is 1.60 bits per heavy atom. The highest BCUT2D eigenvalue weighted by Crippen LogP contribution is 2.00. The van der Waals surface area contributed by atoms with E-state index < -0.39 is 5.30 Å². The molecule has 0 aliphatic carbocycles. The van der Waals surface area contributed by atoms with Crippen LogP contribution in [-0.2, 0) is 9.47 Å². The second-order valence-corrected chi connectivity index (χ2v) is 3.81. The van der Waals surface area contributed by atoms with E-state index in [1.807, 2.05) is 0 Å². The highest BCUT2D eigenvalue weighted by atomic mass is 32.1. The van der Waals surface area contributed by atoms with Gasteiger partial charge in [0.15, 0.2) is 0 Å². The Kier molecular flexibility index (Phi) is 11.4. The molecule has 4 heteroatoms. The third-order valence-corrected chi connectivity index (χ3v) is 2.16. The van der Waals surface area contributed by atoms with Gasteiger partial charge in [0.2, 0.25) is 0 Å². The largest absolute Gasteiger partial charge is 0.454 e. The predicted molar refractivity (Wildman–Crippen MR) is 63.1 cm³/mol. The fraction of sp³-hybridized carbons (Fsp3) is 0.909. The predicted octanol–water partition coefficient (Wildman–Crippen LogP) is 3.70. The monoisotopic (exact) mass is 233 g/mol. The van der Waals surface area contributed by atoms with E-state index in [-0.39, 0.29) is 0 Å². The Bertz CT molecular complexity index is 151. The Labute approximate surface area is 97.9 Å². The molecule has 89 valence electrons. The van der Waals surface area contributed by atoms with E-state index in [0.717, 1.165) is 32.5 Å². The van der Waals surface area contributed by atoms with Crippen molar-refractivity contribution in [1.82, 2.24) is 0 Å². The molecule has 0 heterocycles. The third kappa shape index (κ3) is 13.7. The smallest absolute Gasteiger partial charge is 0.400 e. The van der Waals surface area contributed by atoms with Crippen molar-refractivity contribution in [2.24, 2.45) is 0 Å². The summed E-state index contributed by atoms with van der Waals surface area (Å²) < 4.78 is 10.0. The molecule has 0 N–H and O–H groups in total. The average molecular weight is 233 g/mol. The second-order valence-electron chi connectivity index (χ2n) is 3.48. The van der Waals surface area contributed by atoms with Crippen molar-refractivity contribution in [3.8, 4) is 0 Å². The molecule has 0 spiro atoms. The fourth-order valence-electron chi connectivity index (χ4n) is 1.19. The van der Waals surface area contributed by atoms with Gasteiger partial charge in [-0.2, -0.15) is 0 Å². The zero-order valence-corrected chi connectivity index (χ0v) is 10.3. The summed E-state index contributed by atoms with van der Waals surface area (Å²) in [5.41, 5.74) is 0. The van der Waals surface area contributed by atoms with Gasteiger partial charge < -0.3 is 9.47 Å². The maximum atomic E-state index is 10.2. The van der Waals surface area contributed by atoms with E-state index in [1.165, 1.54) is 19.3 Å². The van der Waals surface area contributed by atoms with Gasteiger partial charge in [-0.1, -0.05) is 26.2 Å². The molecular formula is C11H21O3S. The van der Waals surface area contributed by atoms with E-state index in [4.69, 9.17) is 4.74 Å². The van der Waals surface area contributed by atoms with Crippen LogP contribution in [0.2, 0.25) is 0 Å². The van der Waals surface area contributed by atoms with Crippen LogP contribution in [0.5, 0.6) is 0 Å². The molecule has 0 aromatic heterocycles. The maximum absolute atomic E-state index is 10.2. The van der Waals surface area contributed by atoms with Gasteiger partial charge in [-0.15, -0.1) is 0 Å². The van der Waals surface area contributed by atoms with Crippen LogP contribution in [0.3, 0.4) is 0 Å². The topological polar surface area (TPSA) is 35.5 Å². The van der Waals surface area contributed by atoms with Crippen molar-refractivity contribution in [2.45, 2.75) is 45.4 Å². The van der Waals surface area contributed by atoms with Gasteiger partial charge in [-0.05, 0) is 19.3 Å². The fourth-order valence-corrected chi connectivity index (χ4v) is 1.28. The molecule has 0 saturated carbocycles. The Hall–Kier alpha value is -0.350. The average Bonchev–Trinajstić information content (AvgIpc) is 2.20. The van der Waals surface area contributed by atoms with Crippen LogP contribution < -0.4 is 0 Å². The van der Waals surface area contributed by atoms with Gasteiger partial charge in [-0.3, -0.25) is 0 Å². The summed E-state index contributed by atoms with van der Waals surface area (Å²) in [7, 11) is 0. The van der Waals surface area contributed by atoms with Crippen molar-refractivity contribution in [2.75, 3.05) is 19.8 Å².